The molecule has 0 N–H and O–H groups in total. The molecule has 10 heteroatoms. The highest BCUT2D eigenvalue weighted by Gasteiger charge is 2.58. The molecular formula is C28H30FN3O6. The van der Waals surface area contributed by atoms with Crippen molar-refractivity contribution in [1.82, 2.24) is 9.96 Å². The van der Waals surface area contributed by atoms with Crippen LogP contribution in [0.15, 0.2) is 42.5 Å². The Kier molecular flexibility index (Phi) is 6.02. The van der Waals surface area contributed by atoms with Gasteiger partial charge in [0.15, 0.2) is 5.60 Å². The van der Waals surface area contributed by atoms with E-state index in [4.69, 9.17) is 14.3 Å². The van der Waals surface area contributed by atoms with Crippen molar-refractivity contribution in [1.29, 1.82) is 0 Å². The molecule has 6 rings (SSSR count). The van der Waals surface area contributed by atoms with Gasteiger partial charge >= 0.3 is 12.1 Å². The van der Waals surface area contributed by atoms with E-state index in [1.807, 2.05) is 23.1 Å². The van der Waals surface area contributed by atoms with Crippen molar-refractivity contribution in [2.24, 2.45) is 0 Å². The van der Waals surface area contributed by atoms with Gasteiger partial charge in [0.25, 0.3) is 0 Å². The summed E-state index contributed by atoms with van der Waals surface area (Å²) in [6.45, 7) is 4.74. The Balaban J connectivity index is 1.13. The number of amides is 1. The second kappa shape index (κ2) is 9.27. The third kappa shape index (κ3) is 4.07. The monoisotopic (exact) mass is 523 g/mol. The largest absolute Gasteiger partial charge is 0.527 e. The maximum absolute atomic E-state index is 15.5. The maximum atomic E-state index is 15.5. The number of piperazine rings is 1. The minimum atomic E-state index is -0.873. The number of hydrogen-bond acceptors (Lipinski definition) is 8. The van der Waals surface area contributed by atoms with Gasteiger partial charge in [0.1, 0.15) is 5.82 Å². The molecule has 2 aromatic carbocycles. The van der Waals surface area contributed by atoms with Gasteiger partial charge in [0.2, 0.25) is 5.91 Å². The lowest BCUT2D eigenvalue weighted by Crippen LogP contribution is -2.47. The minimum Gasteiger partial charge on any atom is -0.449 e. The van der Waals surface area contributed by atoms with E-state index in [2.05, 4.69) is 0 Å². The van der Waals surface area contributed by atoms with Crippen molar-refractivity contribution >= 4 is 23.7 Å². The number of hydroxylamine groups is 2. The molecule has 1 saturated carbocycles. The van der Waals surface area contributed by atoms with Gasteiger partial charge in [-0.25, -0.2) is 14.0 Å². The van der Waals surface area contributed by atoms with E-state index in [9.17, 15) is 14.4 Å². The zero-order chi connectivity index (χ0) is 26.5. The Morgan fingerprint density at radius 2 is 1.76 bits per heavy atom. The van der Waals surface area contributed by atoms with E-state index in [-0.39, 0.29) is 25.0 Å². The predicted octanol–water partition coefficient (Wildman–Crippen LogP) is 3.37. The Morgan fingerprint density at radius 3 is 2.47 bits per heavy atom. The molecule has 38 heavy (non-hydrogen) atoms. The van der Waals surface area contributed by atoms with E-state index in [1.165, 1.54) is 6.07 Å². The van der Waals surface area contributed by atoms with Crippen LogP contribution in [0.5, 0.6) is 0 Å². The van der Waals surface area contributed by atoms with E-state index in [0.29, 0.717) is 63.1 Å². The zero-order valence-corrected chi connectivity index (χ0v) is 21.3. The van der Waals surface area contributed by atoms with Crippen LogP contribution in [-0.4, -0.2) is 73.9 Å². The highest BCUT2D eigenvalue weighted by atomic mass is 19.1. The van der Waals surface area contributed by atoms with Crippen molar-refractivity contribution in [2.75, 3.05) is 50.8 Å². The molecule has 3 heterocycles. The van der Waals surface area contributed by atoms with Crippen LogP contribution in [0.1, 0.15) is 47.7 Å². The smallest absolute Gasteiger partial charge is 0.449 e. The van der Waals surface area contributed by atoms with E-state index < -0.39 is 23.0 Å². The number of carbonyl (C=O) groups excluding carboxylic acids is 3. The van der Waals surface area contributed by atoms with E-state index in [0.717, 1.165) is 11.3 Å². The molecule has 9 nitrogen and oxygen atoms in total. The number of halogens is 1. The van der Waals surface area contributed by atoms with Crippen molar-refractivity contribution in [3.05, 3.63) is 65.0 Å². The summed E-state index contributed by atoms with van der Waals surface area (Å²) in [6, 6.07) is 12.4. The molecule has 1 unspecified atom stereocenters. The van der Waals surface area contributed by atoms with Gasteiger partial charge in [-0.15, -0.1) is 5.06 Å². The van der Waals surface area contributed by atoms with Crippen molar-refractivity contribution in [2.45, 2.75) is 37.2 Å². The number of hydrogen-bond donors (Lipinski definition) is 0. The van der Waals surface area contributed by atoms with Crippen LogP contribution in [0.4, 0.5) is 14.9 Å². The number of likely N-dealkylation sites (tertiary alicyclic amines) is 1. The average Bonchev–Trinajstić information content (AvgIpc) is 3.53. The van der Waals surface area contributed by atoms with Gasteiger partial charge in [-0.3, -0.25) is 4.79 Å². The number of fused-ring (bicyclic) bond motifs is 2. The molecule has 3 aliphatic heterocycles. The summed E-state index contributed by atoms with van der Waals surface area (Å²) in [5, 5.41) is 1.54. The summed E-state index contributed by atoms with van der Waals surface area (Å²) in [5.41, 5.74) is 0.829. The number of rotatable bonds is 5. The highest BCUT2D eigenvalue weighted by molar-refractivity contribution is 5.96. The molecule has 2 aromatic rings. The third-order valence-electron chi connectivity index (χ3n) is 8.14. The van der Waals surface area contributed by atoms with Gasteiger partial charge in [0.05, 0.1) is 37.2 Å². The first-order valence-electron chi connectivity index (χ1n) is 13.1. The first-order chi connectivity index (χ1) is 18.3. The topological polar surface area (TPSA) is 88.6 Å². The number of carbonyl (C=O) groups is 3. The fourth-order valence-electron chi connectivity index (χ4n) is 6.01. The highest BCUT2D eigenvalue weighted by Crippen LogP contribution is 2.53. The minimum absolute atomic E-state index is 0.105. The van der Waals surface area contributed by atoms with Crippen LogP contribution in [0.25, 0.3) is 0 Å². The van der Waals surface area contributed by atoms with Crippen molar-refractivity contribution in [3.63, 3.8) is 0 Å². The van der Waals surface area contributed by atoms with Crippen LogP contribution in [-0.2, 0) is 30.1 Å². The first-order valence-corrected chi connectivity index (χ1v) is 13.1. The fraction of sp³-hybridized carbons (Fsp3) is 0.464. The number of ether oxygens (including phenoxy) is 2. The first kappa shape index (κ1) is 24.7. The molecule has 2 saturated heterocycles. The molecule has 1 aliphatic carbocycles. The normalized spacial score (nSPS) is 23.8. The SMILES string of the molecule is CCOC(=O)ON1CCN(c2ccc(C3(C(=O)N4CCC5(C4)OC(=O)c4ccccc45)CC3)c(F)c2)CC1. The van der Waals surface area contributed by atoms with Gasteiger partial charge in [0, 0.05) is 42.9 Å². The Hall–Kier alpha value is -3.66. The van der Waals surface area contributed by atoms with Crippen LogP contribution in [0.3, 0.4) is 0 Å². The van der Waals surface area contributed by atoms with Gasteiger partial charge in [-0.2, -0.15) is 0 Å². The van der Waals surface area contributed by atoms with Crippen LogP contribution in [0.2, 0.25) is 0 Å². The molecule has 0 bridgehead atoms. The summed E-state index contributed by atoms with van der Waals surface area (Å²) in [6.07, 6.45) is 0.984. The fourth-order valence-corrected chi connectivity index (χ4v) is 6.01. The average molecular weight is 524 g/mol. The van der Waals surface area contributed by atoms with Crippen molar-refractivity contribution < 1.29 is 33.1 Å². The number of anilines is 1. The molecular weight excluding hydrogens is 493 g/mol. The van der Waals surface area contributed by atoms with Crippen LogP contribution < -0.4 is 4.90 Å². The molecule has 4 aliphatic rings. The summed E-state index contributed by atoms with van der Waals surface area (Å²) >= 11 is 0. The second-order valence-corrected chi connectivity index (χ2v) is 10.3. The molecule has 0 aromatic heterocycles. The van der Waals surface area contributed by atoms with Gasteiger partial charge in [-0.05, 0) is 38.0 Å². The van der Waals surface area contributed by atoms with E-state index in [1.54, 1.807) is 35.1 Å². The molecule has 0 radical (unpaired) electrons. The standard InChI is InChI=1S/C28H30FN3O6/c1-2-36-26(35)38-32-15-13-30(14-16-32)19-7-8-22(23(29)17-19)27(9-10-27)25(34)31-12-11-28(18-31)21-6-4-3-5-20(21)24(33)37-28/h3-8,17H,2,9-16,18H2,1H3. The quantitative estimate of drug-likeness (QED) is 0.552. The Morgan fingerprint density at radius 1 is 1.00 bits per heavy atom. The van der Waals surface area contributed by atoms with Crippen LogP contribution >= 0.6 is 0 Å². The lowest BCUT2D eigenvalue weighted by molar-refractivity contribution is -0.134. The maximum Gasteiger partial charge on any atom is 0.527 e. The van der Waals surface area contributed by atoms with Crippen molar-refractivity contribution in [3.8, 4) is 0 Å². The summed E-state index contributed by atoms with van der Waals surface area (Å²) < 4.78 is 26.1. The second-order valence-electron chi connectivity index (χ2n) is 10.3. The number of benzene rings is 2. The molecule has 3 fully saturated rings. The molecule has 1 atom stereocenters. The Bertz CT molecular complexity index is 1290. The summed E-state index contributed by atoms with van der Waals surface area (Å²) in [4.78, 5) is 46.6. The Labute approximate surface area is 220 Å². The third-order valence-corrected chi connectivity index (χ3v) is 8.14. The van der Waals surface area contributed by atoms with Gasteiger partial charge in [-0.1, -0.05) is 24.3 Å². The predicted molar refractivity (Wildman–Crippen MR) is 134 cm³/mol. The lowest BCUT2D eigenvalue weighted by Gasteiger charge is -2.34. The van der Waals surface area contributed by atoms with Gasteiger partial charge < -0.3 is 24.1 Å². The molecule has 200 valence electrons. The lowest BCUT2D eigenvalue weighted by atomic mass is 9.91. The molecule has 1 spiro atoms. The summed E-state index contributed by atoms with van der Waals surface area (Å²) in [7, 11) is 0. The summed E-state index contributed by atoms with van der Waals surface area (Å²) in [5.74, 6) is -0.859. The number of esters is 1. The molecule has 1 amide bonds. The van der Waals surface area contributed by atoms with E-state index >= 15 is 4.39 Å². The zero-order valence-electron chi connectivity index (χ0n) is 21.3. The van der Waals surface area contributed by atoms with Crippen LogP contribution in [0, 0.1) is 5.82 Å². The number of nitrogens with zero attached hydrogens (tertiary/aromatic N) is 3.